The van der Waals surface area contributed by atoms with E-state index < -0.39 is 0 Å². The third kappa shape index (κ3) is 5.42. The van der Waals surface area contributed by atoms with Gasteiger partial charge in [0.2, 0.25) is 5.91 Å². The Balaban J connectivity index is 2.46. The van der Waals surface area contributed by atoms with E-state index in [2.05, 4.69) is 17.5 Å². The summed E-state index contributed by atoms with van der Waals surface area (Å²) in [4.78, 5) is 11.4. The average molecular weight is 264 g/mol. The lowest BCUT2D eigenvalue weighted by Gasteiger charge is -2.03. The summed E-state index contributed by atoms with van der Waals surface area (Å²) in [5.41, 5.74) is 3.21. The normalized spacial score (nSPS) is 10.6. The second-order valence-electron chi connectivity index (χ2n) is 4.18. The van der Waals surface area contributed by atoms with Crippen molar-refractivity contribution in [2.24, 2.45) is 5.10 Å². The van der Waals surface area contributed by atoms with Gasteiger partial charge in [-0.3, -0.25) is 4.79 Å². The molecule has 0 bridgehead atoms. The summed E-state index contributed by atoms with van der Waals surface area (Å²) >= 11 is 0. The van der Waals surface area contributed by atoms with Crippen LogP contribution in [0.1, 0.15) is 38.2 Å². The third-order valence-electron chi connectivity index (χ3n) is 2.61. The zero-order valence-corrected chi connectivity index (χ0v) is 11.3. The van der Waals surface area contributed by atoms with Crippen molar-refractivity contribution in [3.63, 3.8) is 0 Å². The summed E-state index contributed by atoms with van der Waals surface area (Å²) < 4.78 is 4.98. The monoisotopic (exact) mass is 264 g/mol. The zero-order valence-electron chi connectivity index (χ0n) is 11.3. The molecule has 0 spiro atoms. The van der Waals surface area contributed by atoms with Crippen LogP contribution in [0.4, 0.5) is 0 Å². The van der Waals surface area contributed by atoms with Crippen molar-refractivity contribution >= 4 is 12.1 Å². The van der Waals surface area contributed by atoms with Gasteiger partial charge in [-0.15, -0.1) is 0 Å². The Morgan fingerprint density at radius 3 is 2.95 bits per heavy atom. The highest BCUT2D eigenvalue weighted by atomic mass is 16.5. The molecule has 5 heteroatoms. The predicted octanol–water partition coefficient (Wildman–Crippen LogP) is 2.43. The number of phenolic OH excluding ortho intramolecular Hbond substituents is 1. The van der Waals surface area contributed by atoms with Crippen LogP contribution in [0.2, 0.25) is 0 Å². The first-order valence-electron chi connectivity index (χ1n) is 6.36. The van der Waals surface area contributed by atoms with Crippen molar-refractivity contribution in [1.82, 2.24) is 5.43 Å². The van der Waals surface area contributed by atoms with Crippen LogP contribution in [0.25, 0.3) is 0 Å². The molecule has 0 aliphatic heterocycles. The lowest BCUT2D eigenvalue weighted by molar-refractivity contribution is -0.121. The fraction of sp³-hybridized carbons (Fsp3) is 0.429. The number of hydrazone groups is 1. The lowest BCUT2D eigenvalue weighted by Crippen LogP contribution is -2.16. The number of carbonyl (C=O) groups is 1. The minimum absolute atomic E-state index is 0.0725. The Labute approximate surface area is 113 Å². The molecule has 2 N–H and O–H groups in total. The highest BCUT2D eigenvalue weighted by Crippen LogP contribution is 2.25. The van der Waals surface area contributed by atoms with E-state index in [1.54, 1.807) is 12.1 Å². The number of ether oxygens (including phenoxy) is 1. The maximum absolute atomic E-state index is 11.4. The van der Waals surface area contributed by atoms with Gasteiger partial charge in [0, 0.05) is 6.42 Å². The smallest absolute Gasteiger partial charge is 0.240 e. The van der Waals surface area contributed by atoms with E-state index in [4.69, 9.17) is 4.74 Å². The van der Waals surface area contributed by atoms with Gasteiger partial charge in [0.05, 0.1) is 13.3 Å². The number of nitrogens with zero attached hydrogens (tertiary/aromatic N) is 1. The summed E-state index contributed by atoms with van der Waals surface area (Å²) in [6, 6.07) is 4.84. The molecule has 1 rings (SSSR count). The second kappa shape index (κ2) is 8.13. The van der Waals surface area contributed by atoms with E-state index in [0.717, 1.165) is 24.8 Å². The molecule has 0 unspecified atom stereocenters. The fourth-order valence-corrected chi connectivity index (χ4v) is 1.54. The topological polar surface area (TPSA) is 70.9 Å². The highest BCUT2D eigenvalue weighted by Gasteiger charge is 2.01. The van der Waals surface area contributed by atoms with E-state index in [1.807, 2.05) is 0 Å². The van der Waals surface area contributed by atoms with Gasteiger partial charge in [-0.05, 0) is 30.2 Å². The first-order chi connectivity index (χ1) is 9.17. The molecular formula is C14H20N2O3. The molecule has 0 saturated heterocycles. The summed E-state index contributed by atoms with van der Waals surface area (Å²) in [5.74, 6) is 0.358. The van der Waals surface area contributed by atoms with E-state index in [1.165, 1.54) is 19.4 Å². The number of methoxy groups -OCH3 is 1. The summed E-state index contributed by atoms with van der Waals surface area (Å²) in [5, 5.41) is 13.3. The molecule has 0 radical (unpaired) electrons. The first kappa shape index (κ1) is 15.0. The predicted molar refractivity (Wildman–Crippen MR) is 74.5 cm³/mol. The molecule has 0 fully saturated rings. The van der Waals surface area contributed by atoms with Crippen LogP contribution in [-0.4, -0.2) is 24.3 Å². The fourth-order valence-electron chi connectivity index (χ4n) is 1.54. The van der Waals surface area contributed by atoms with Gasteiger partial charge in [0.15, 0.2) is 11.5 Å². The summed E-state index contributed by atoms with van der Waals surface area (Å²) in [6.07, 6.45) is 5.02. The molecule has 0 atom stereocenters. The van der Waals surface area contributed by atoms with Crippen molar-refractivity contribution in [2.45, 2.75) is 32.6 Å². The number of carbonyl (C=O) groups excluding carboxylic acids is 1. The van der Waals surface area contributed by atoms with Crippen LogP contribution >= 0.6 is 0 Å². The Hall–Kier alpha value is -2.04. The van der Waals surface area contributed by atoms with Crippen LogP contribution in [0.5, 0.6) is 11.5 Å². The maximum Gasteiger partial charge on any atom is 0.240 e. The van der Waals surface area contributed by atoms with Crippen LogP contribution < -0.4 is 10.2 Å². The highest BCUT2D eigenvalue weighted by molar-refractivity contribution is 5.83. The molecule has 5 nitrogen and oxygen atoms in total. The van der Waals surface area contributed by atoms with Gasteiger partial charge in [0.1, 0.15) is 0 Å². The molecule has 0 aromatic heterocycles. The average Bonchev–Trinajstić information content (AvgIpc) is 2.41. The minimum atomic E-state index is -0.0876. The molecular weight excluding hydrogens is 244 g/mol. The molecule has 1 aromatic carbocycles. The number of phenols is 1. The number of aromatic hydroxyl groups is 1. The minimum Gasteiger partial charge on any atom is -0.504 e. The molecule has 0 heterocycles. The molecule has 19 heavy (non-hydrogen) atoms. The Bertz CT molecular complexity index is 444. The van der Waals surface area contributed by atoms with Crippen LogP contribution in [0, 0.1) is 0 Å². The molecule has 1 amide bonds. The van der Waals surface area contributed by atoms with Gasteiger partial charge < -0.3 is 9.84 Å². The van der Waals surface area contributed by atoms with Gasteiger partial charge in [-0.25, -0.2) is 5.43 Å². The van der Waals surface area contributed by atoms with Crippen molar-refractivity contribution in [2.75, 3.05) is 7.11 Å². The van der Waals surface area contributed by atoms with E-state index in [-0.39, 0.29) is 11.7 Å². The van der Waals surface area contributed by atoms with Crippen LogP contribution in [0.3, 0.4) is 0 Å². The largest absolute Gasteiger partial charge is 0.504 e. The molecule has 104 valence electrons. The number of nitrogens with one attached hydrogen (secondary N) is 1. The summed E-state index contributed by atoms with van der Waals surface area (Å²) in [7, 11) is 1.48. The van der Waals surface area contributed by atoms with Crippen LogP contribution in [0.15, 0.2) is 23.3 Å². The quantitative estimate of drug-likeness (QED) is 0.451. The van der Waals surface area contributed by atoms with E-state index >= 15 is 0 Å². The standard InChI is InChI=1S/C14H20N2O3/c1-3-4-5-6-14(18)16-15-10-11-7-8-12(17)13(9-11)19-2/h7-10,17H,3-6H2,1-2H3,(H,16,18)/b15-10-. The van der Waals surface area contributed by atoms with Crippen molar-refractivity contribution in [3.05, 3.63) is 23.8 Å². The van der Waals surface area contributed by atoms with E-state index in [9.17, 15) is 9.90 Å². The summed E-state index contributed by atoms with van der Waals surface area (Å²) in [6.45, 7) is 2.09. The van der Waals surface area contributed by atoms with Gasteiger partial charge in [0.25, 0.3) is 0 Å². The number of unbranched alkanes of at least 4 members (excludes halogenated alkanes) is 2. The molecule has 0 saturated carbocycles. The van der Waals surface area contributed by atoms with Gasteiger partial charge >= 0.3 is 0 Å². The van der Waals surface area contributed by atoms with Gasteiger partial charge in [-0.2, -0.15) is 5.10 Å². The maximum atomic E-state index is 11.4. The Kier molecular flexibility index (Phi) is 6.43. The number of rotatable bonds is 7. The van der Waals surface area contributed by atoms with Gasteiger partial charge in [-0.1, -0.05) is 19.8 Å². The molecule has 1 aromatic rings. The van der Waals surface area contributed by atoms with Crippen molar-refractivity contribution in [1.29, 1.82) is 0 Å². The number of hydrogen-bond donors (Lipinski definition) is 2. The zero-order chi connectivity index (χ0) is 14.1. The Morgan fingerprint density at radius 1 is 1.47 bits per heavy atom. The molecule has 0 aliphatic rings. The van der Waals surface area contributed by atoms with Crippen molar-refractivity contribution < 1.29 is 14.6 Å². The van der Waals surface area contributed by atoms with Crippen molar-refractivity contribution in [3.8, 4) is 11.5 Å². The third-order valence-corrected chi connectivity index (χ3v) is 2.61. The molecule has 0 aliphatic carbocycles. The Morgan fingerprint density at radius 2 is 2.26 bits per heavy atom. The first-order valence-corrected chi connectivity index (χ1v) is 6.36. The SMILES string of the molecule is CCCCCC(=O)N/N=C\c1ccc(O)c(OC)c1. The van der Waals surface area contributed by atoms with Crippen LogP contribution in [-0.2, 0) is 4.79 Å². The second-order valence-corrected chi connectivity index (χ2v) is 4.18. The number of benzene rings is 1. The lowest BCUT2D eigenvalue weighted by atomic mass is 10.2. The van der Waals surface area contributed by atoms with E-state index in [0.29, 0.717) is 12.2 Å². The number of amides is 1. The number of hydrogen-bond acceptors (Lipinski definition) is 4.